The van der Waals surface area contributed by atoms with Crippen LogP contribution in [0, 0.1) is 19.8 Å². The van der Waals surface area contributed by atoms with Crippen LogP contribution in [0.15, 0.2) is 18.2 Å². The second kappa shape index (κ2) is 6.38. The molecule has 0 unspecified atom stereocenters. The number of nitrogens with one attached hydrogen (secondary N) is 1. The van der Waals surface area contributed by atoms with Crippen LogP contribution >= 0.6 is 12.2 Å². The molecule has 0 aliphatic heterocycles. The molecule has 0 aromatic heterocycles. The minimum absolute atomic E-state index is 0.866. The van der Waals surface area contributed by atoms with Crippen molar-refractivity contribution in [3.63, 3.8) is 0 Å². The van der Waals surface area contributed by atoms with Crippen molar-refractivity contribution in [2.45, 2.75) is 40.0 Å². The maximum absolute atomic E-state index is 5.59. The summed E-state index contributed by atoms with van der Waals surface area (Å²) in [6.07, 6.45) is 3.87. The molecule has 0 radical (unpaired) electrons. The van der Waals surface area contributed by atoms with Gasteiger partial charge in [-0.05, 0) is 68.4 Å². The zero-order chi connectivity index (χ0) is 13.8. The molecule has 2 nitrogen and oxygen atoms in total. The molecular formula is C16H24N2S. The van der Waals surface area contributed by atoms with E-state index in [0.29, 0.717) is 0 Å². The first-order valence-electron chi connectivity index (χ1n) is 7.24. The van der Waals surface area contributed by atoms with Crippen LogP contribution in [0.4, 0.5) is 5.69 Å². The molecule has 1 N–H and O–H groups in total. The molecule has 0 heterocycles. The highest BCUT2D eigenvalue weighted by atomic mass is 32.1. The molecule has 0 spiro atoms. The SMILES string of the molecule is CCCN(CC1CC1)C(=S)Nc1cccc(C)c1C. The summed E-state index contributed by atoms with van der Waals surface area (Å²) in [4.78, 5) is 2.33. The van der Waals surface area contributed by atoms with Gasteiger partial charge in [-0.25, -0.2) is 0 Å². The molecule has 104 valence electrons. The van der Waals surface area contributed by atoms with E-state index in [4.69, 9.17) is 12.2 Å². The third kappa shape index (κ3) is 3.93. The lowest BCUT2D eigenvalue weighted by molar-refractivity contribution is 0.404. The highest BCUT2D eigenvalue weighted by Gasteiger charge is 2.25. The van der Waals surface area contributed by atoms with Crippen LogP contribution in [0.5, 0.6) is 0 Å². The highest BCUT2D eigenvalue weighted by molar-refractivity contribution is 7.80. The van der Waals surface area contributed by atoms with Gasteiger partial charge in [0, 0.05) is 18.8 Å². The number of hydrogen-bond donors (Lipinski definition) is 1. The fourth-order valence-corrected chi connectivity index (χ4v) is 2.51. The van der Waals surface area contributed by atoms with Gasteiger partial charge in [0.05, 0.1) is 0 Å². The molecule has 1 saturated carbocycles. The first-order valence-corrected chi connectivity index (χ1v) is 7.64. The van der Waals surface area contributed by atoms with E-state index in [-0.39, 0.29) is 0 Å². The van der Waals surface area contributed by atoms with Crippen molar-refractivity contribution in [1.82, 2.24) is 4.90 Å². The molecule has 1 aromatic rings. The summed E-state index contributed by atoms with van der Waals surface area (Å²) in [5, 5.41) is 4.30. The quantitative estimate of drug-likeness (QED) is 0.814. The van der Waals surface area contributed by atoms with E-state index in [1.54, 1.807) is 0 Å². The fraction of sp³-hybridized carbons (Fsp3) is 0.562. The van der Waals surface area contributed by atoms with Gasteiger partial charge in [0.25, 0.3) is 0 Å². The van der Waals surface area contributed by atoms with Crippen molar-refractivity contribution >= 4 is 23.0 Å². The Morgan fingerprint density at radius 2 is 2.11 bits per heavy atom. The lowest BCUT2D eigenvalue weighted by atomic mass is 10.1. The molecule has 3 heteroatoms. The molecule has 19 heavy (non-hydrogen) atoms. The lowest BCUT2D eigenvalue weighted by Crippen LogP contribution is -2.37. The van der Waals surface area contributed by atoms with Crippen molar-refractivity contribution < 1.29 is 0 Å². The number of anilines is 1. The normalized spacial score (nSPS) is 14.3. The number of hydrogen-bond acceptors (Lipinski definition) is 1. The first-order chi connectivity index (χ1) is 9.11. The van der Waals surface area contributed by atoms with Crippen molar-refractivity contribution in [2.75, 3.05) is 18.4 Å². The van der Waals surface area contributed by atoms with Crippen molar-refractivity contribution in [3.05, 3.63) is 29.3 Å². The maximum atomic E-state index is 5.59. The Kier molecular flexibility index (Phi) is 4.81. The zero-order valence-electron chi connectivity index (χ0n) is 12.2. The molecule has 2 rings (SSSR count). The zero-order valence-corrected chi connectivity index (χ0v) is 13.0. The number of rotatable bonds is 5. The minimum Gasteiger partial charge on any atom is -0.349 e. The van der Waals surface area contributed by atoms with Crippen molar-refractivity contribution in [2.24, 2.45) is 5.92 Å². The van der Waals surface area contributed by atoms with Crippen LogP contribution in [-0.4, -0.2) is 23.1 Å². The Balaban J connectivity index is 2.02. The van der Waals surface area contributed by atoms with E-state index in [1.165, 1.54) is 24.0 Å². The molecule has 1 fully saturated rings. The van der Waals surface area contributed by atoms with Gasteiger partial charge < -0.3 is 10.2 Å². The highest BCUT2D eigenvalue weighted by Crippen LogP contribution is 2.30. The summed E-state index contributed by atoms with van der Waals surface area (Å²) in [5.74, 6) is 0.866. The first kappa shape index (κ1) is 14.3. The van der Waals surface area contributed by atoms with Crippen LogP contribution in [-0.2, 0) is 0 Å². The van der Waals surface area contributed by atoms with Gasteiger partial charge in [-0.2, -0.15) is 0 Å². The van der Waals surface area contributed by atoms with Gasteiger partial charge in [-0.1, -0.05) is 19.1 Å². The summed E-state index contributed by atoms with van der Waals surface area (Å²) >= 11 is 5.59. The molecule has 0 atom stereocenters. The third-order valence-corrected chi connectivity index (χ3v) is 4.16. The van der Waals surface area contributed by atoms with E-state index in [2.05, 4.69) is 49.2 Å². The van der Waals surface area contributed by atoms with E-state index in [1.807, 2.05) is 0 Å². The van der Waals surface area contributed by atoms with Crippen molar-refractivity contribution in [1.29, 1.82) is 0 Å². The predicted octanol–water partition coefficient (Wildman–Crippen LogP) is 4.12. The van der Waals surface area contributed by atoms with Gasteiger partial charge in [-0.15, -0.1) is 0 Å². The molecule has 0 saturated heterocycles. The topological polar surface area (TPSA) is 15.3 Å². The summed E-state index contributed by atoms with van der Waals surface area (Å²) in [6.45, 7) is 8.65. The summed E-state index contributed by atoms with van der Waals surface area (Å²) in [7, 11) is 0. The average molecular weight is 276 g/mol. The van der Waals surface area contributed by atoms with E-state index in [9.17, 15) is 0 Å². The third-order valence-electron chi connectivity index (χ3n) is 3.80. The van der Waals surface area contributed by atoms with Crippen LogP contribution in [0.25, 0.3) is 0 Å². The van der Waals surface area contributed by atoms with Gasteiger partial charge in [0.2, 0.25) is 0 Å². The Hall–Kier alpha value is -1.09. The van der Waals surface area contributed by atoms with Crippen LogP contribution in [0.1, 0.15) is 37.3 Å². The Morgan fingerprint density at radius 1 is 1.37 bits per heavy atom. The predicted molar refractivity (Wildman–Crippen MR) is 86.7 cm³/mol. The monoisotopic (exact) mass is 276 g/mol. The van der Waals surface area contributed by atoms with Gasteiger partial charge >= 0.3 is 0 Å². The number of nitrogens with zero attached hydrogens (tertiary/aromatic N) is 1. The average Bonchev–Trinajstić information content (AvgIpc) is 3.18. The molecule has 0 amide bonds. The lowest BCUT2D eigenvalue weighted by Gasteiger charge is -2.26. The minimum atomic E-state index is 0.866. The van der Waals surface area contributed by atoms with Crippen LogP contribution in [0.3, 0.4) is 0 Å². The van der Waals surface area contributed by atoms with Crippen molar-refractivity contribution in [3.8, 4) is 0 Å². The van der Waals surface area contributed by atoms with Crippen LogP contribution < -0.4 is 5.32 Å². The summed E-state index contributed by atoms with van der Waals surface area (Å²) in [5.41, 5.74) is 3.73. The number of thiocarbonyl (C=S) groups is 1. The van der Waals surface area contributed by atoms with Crippen LogP contribution in [0.2, 0.25) is 0 Å². The summed E-state index contributed by atoms with van der Waals surface area (Å²) in [6, 6.07) is 6.33. The standard InChI is InChI=1S/C16H24N2S/c1-4-10-18(11-14-8-9-14)16(19)17-15-7-5-6-12(2)13(15)3/h5-7,14H,4,8-11H2,1-3H3,(H,17,19). The van der Waals surface area contributed by atoms with E-state index in [0.717, 1.165) is 36.2 Å². The smallest absolute Gasteiger partial charge is 0.173 e. The largest absolute Gasteiger partial charge is 0.349 e. The summed E-state index contributed by atoms with van der Waals surface area (Å²) < 4.78 is 0. The van der Waals surface area contributed by atoms with Gasteiger partial charge in [-0.3, -0.25) is 0 Å². The number of aryl methyl sites for hydroxylation is 1. The van der Waals surface area contributed by atoms with E-state index >= 15 is 0 Å². The Morgan fingerprint density at radius 3 is 2.74 bits per heavy atom. The second-order valence-corrected chi connectivity index (χ2v) is 5.95. The van der Waals surface area contributed by atoms with Gasteiger partial charge in [0.1, 0.15) is 0 Å². The fourth-order valence-electron chi connectivity index (χ4n) is 2.24. The van der Waals surface area contributed by atoms with Gasteiger partial charge in [0.15, 0.2) is 5.11 Å². The van der Waals surface area contributed by atoms with E-state index < -0.39 is 0 Å². The molecule has 1 aliphatic rings. The Labute approximate surface area is 122 Å². The molecule has 0 bridgehead atoms. The Bertz CT molecular complexity index is 452. The molecule has 1 aliphatic carbocycles. The molecule has 1 aromatic carbocycles. The number of benzene rings is 1. The second-order valence-electron chi connectivity index (χ2n) is 5.57. The maximum Gasteiger partial charge on any atom is 0.173 e. The molecular weight excluding hydrogens is 252 g/mol.